The summed E-state index contributed by atoms with van der Waals surface area (Å²) in [6.07, 6.45) is -5.75. The summed E-state index contributed by atoms with van der Waals surface area (Å²) < 4.78 is 73.5. The Labute approximate surface area is 202 Å². The summed E-state index contributed by atoms with van der Waals surface area (Å²) in [6, 6.07) is -1.26. The fourth-order valence-corrected chi connectivity index (χ4v) is 4.89. The quantitative estimate of drug-likeness (QED) is 0.355. The highest BCUT2D eigenvalue weighted by Crippen LogP contribution is 2.42. The molecule has 1 aliphatic rings. The molecule has 0 bridgehead atoms. The van der Waals surface area contributed by atoms with Gasteiger partial charge < -0.3 is 15.0 Å². The van der Waals surface area contributed by atoms with Gasteiger partial charge in [-0.3, -0.25) is 4.79 Å². The average molecular weight is 521 g/mol. The number of hydrogen-bond acceptors (Lipinski definition) is 7. The first-order valence-corrected chi connectivity index (χ1v) is 11.9. The zero-order chi connectivity index (χ0) is 25.9. The number of pyridine rings is 1. The van der Waals surface area contributed by atoms with Crippen molar-refractivity contribution in [2.45, 2.75) is 64.7 Å². The zero-order valence-electron chi connectivity index (χ0n) is 19.3. The van der Waals surface area contributed by atoms with Crippen LogP contribution in [0.3, 0.4) is 0 Å². The fourth-order valence-electron chi connectivity index (χ4n) is 3.87. The number of carbonyl (C=O) groups excluding carboxylic acids is 2. The van der Waals surface area contributed by atoms with Crippen LogP contribution in [0, 0.1) is 0 Å². The third kappa shape index (κ3) is 5.71. The van der Waals surface area contributed by atoms with Crippen LogP contribution in [0.15, 0.2) is 12.3 Å². The van der Waals surface area contributed by atoms with Gasteiger partial charge in [0.25, 0.3) is 12.3 Å². The molecule has 1 fully saturated rings. The Bertz CT molecular complexity index is 1080. The second kappa shape index (κ2) is 10.8. The van der Waals surface area contributed by atoms with Crippen molar-refractivity contribution in [2.75, 3.05) is 18.5 Å². The van der Waals surface area contributed by atoms with Gasteiger partial charge in [0.05, 0.1) is 11.5 Å². The van der Waals surface area contributed by atoms with Gasteiger partial charge in [-0.25, -0.2) is 23.5 Å². The fraction of sp³-hybridized carbons (Fsp3) is 0.545. The van der Waals surface area contributed by atoms with Crippen molar-refractivity contribution >= 4 is 29.0 Å². The third-order valence-corrected chi connectivity index (χ3v) is 6.71. The standard InChI is InChI=1S/C22H25F5N4O3S/c1-4-13(22(25,26)27)29-18-14(12(17(23)24)8-9-28-18)16-15(20(32)31-10-6-7-11(31)3)30-19(35-16)21(33)34-5-2/h8-9,11,13,17H,4-7,10H2,1-3H3,(H,28,29). The first-order chi connectivity index (χ1) is 16.5. The molecule has 0 spiro atoms. The number of halogens is 5. The summed E-state index contributed by atoms with van der Waals surface area (Å²) >= 11 is 0.609. The smallest absolute Gasteiger partial charge is 0.408 e. The van der Waals surface area contributed by atoms with Gasteiger partial charge in [0.15, 0.2) is 0 Å². The maximum Gasteiger partial charge on any atom is 0.408 e. The lowest BCUT2D eigenvalue weighted by atomic mass is 10.0. The number of carbonyl (C=O) groups is 2. The van der Waals surface area contributed by atoms with Crippen molar-refractivity contribution in [3.8, 4) is 10.4 Å². The number of nitrogens with one attached hydrogen (secondary N) is 1. The summed E-state index contributed by atoms with van der Waals surface area (Å²) in [5.74, 6) is -1.95. The van der Waals surface area contributed by atoms with Crippen molar-refractivity contribution in [2.24, 2.45) is 0 Å². The maximum atomic E-state index is 14.0. The second-order valence-electron chi connectivity index (χ2n) is 7.98. The van der Waals surface area contributed by atoms with Gasteiger partial charge in [-0.05, 0) is 39.2 Å². The molecule has 1 amide bonds. The number of alkyl halides is 5. The molecule has 1 saturated heterocycles. The number of esters is 1. The molecule has 13 heteroatoms. The molecule has 3 rings (SSSR count). The molecule has 2 aromatic heterocycles. The van der Waals surface area contributed by atoms with E-state index in [9.17, 15) is 31.5 Å². The highest BCUT2D eigenvalue weighted by atomic mass is 32.1. The SMILES string of the molecule is CCOC(=O)c1nc(C(=O)N2CCCC2C)c(-c2c(C(F)F)ccnc2NC(CC)C(F)(F)F)s1. The molecule has 2 aromatic rings. The Balaban J connectivity index is 2.23. The van der Waals surface area contributed by atoms with E-state index in [1.807, 2.05) is 6.92 Å². The molecule has 3 heterocycles. The first kappa shape index (κ1) is 26.8. The molecule has 35 heavy (non-hydrogen) atoms. The number of anilines is 1. The van der Waals surface area contributed by atoms with E-state index in [4.69, 9.17) is 4.74 Å². The predicted octanol–water partition coefficient (Wildman–Crippen LogP) is 5.70. The van der Waals surface area contributed by atoms with Gasteiger partial charge in [0.2, 0.25) is 5.01 Å². The number of nitrogens with zero attached hydrogens (tertiary/aromatic N) is 3. The van der Waals surface area contributed by atoms with Crippen LogP contribution in [0.1, 0.15) is 72.3 Å². The summed E-state index contributed by atoms with van der Waals surface area (Å²) in [5, 5.41) is 1.94. The molecule has 1 aliphatic heterocycles. The minimum absolute atomic E-state index is 0.00588. The lowest BCUT2D eigenvalue weighted by Crippen LogP contribution is -2.36. The number of thiazole rings is 1. The minimum Gasteiger partial charge on any atom is -0.461 e. The molecule has 0 aromatic carbocycles. The van der Waals surface area contributed by atoms with E-state index >= 15 is 0 Å². The second-order valence-corrected chi connectivity index (χ2v) is 8.98. The topological polar surface area (TPSA) is 84.4 Å². The molecule has 192 valence electrons. The van der Waals surface area contributed by atoms with Crippen LogP contribution in [-0.4, -0.2) is 58.2 Å². The Morgan fingerprint density at radius 1 is 1.31 bits per heavy atom. The molecule has 7 nitrogen and oxygen atoms in total. The van der Waals surface area contributed by atoms with Crippen LogP contribution in [0.2, 0.25) is 0 Å². The van der Waals surface area contributed by atoms with Crippen LogP contribution >= 0.6 is 11.3 Å². The Kier molecular flexibility index (Phi) is 8.29. The Morgan fingerprint density at radius 2 is 2.03 bits per heavy atom. The van der Waals surface area contributed by atoms with Crippen molar-refractivity contribution in [1.82, 2.24) is 14.9 Å². The van der Waals surface area contributed by atoms with E-state index in [0.29, 0.717) is 17.9 Å². The van der Waals surface area contributed by atoms with E-state index in [1.54, 1.807) is 6.92 Å². The van der Waals surface area contributed by atoms with Crippen LogP contribution in [0.4, 0.5) is 27.8 Å². The van der Waals surface area contributed by atoms with Gasteiger partial charge in [0.1, 0.15) is 17.6 Å². The van der Waals surface area contributed by atoms with Crippen LogP contribution in [0.5, 0.6) is 0 Å². The number of aromatic nitrogens is 2. The van der Waals surface area contributed by atoms with Crippen LogP contribution < -0.4 is 5.32 Å². The number of amides is 1. The van der Waals surface area contributed by atoms with E-state index in [1.165, 1.54) is 11.8 Å². The number of ether oxygens (including phenoxy) is 1. The van der Waals surface area contributed by atoms with E-state index in [0.717, 1.165) is 25.1 Å². The van der Waals surface area contributed by atoms with Crippen molar-refractivity contribution in [3.05, 3.63) is 28.5 Å². The highest BCUT2D eigenvalue weighted by Gasteiger charge is 2.40. The van der Waals surface area contributed by atoms with Gasteiger partial charge in [-0.15, -0.1) is 11.3 Å². The van der Waals surface area contributed by atoms with E-state index in [2.05, 4.69) is 15.3 Å². The molecule has 0 aliphatic carbocycles. The van der Waals surface area contributed by atoms with Gasteiger partial charge in [-0.2, -0.15) is 13.2 Å². The van der Waals surface area contributed by atoms with Crippen molar-refractivity contribution in [3.63, 3.8) is 0 Å². The normalized spacial score (nSPS) is 17.1. The summed E-state index contributed by atoms with van der Waals surface area (Å²) in [7, 11) is 0. The minimum atomic E-state index is -4.68. The summed E-state index contributed by atoms with van der Waals surface area (Å²) in [4.78, 5) is 35.1. The first-order valence-electron chi connectivity index (χ1n) is 11.1. The number of likely N-dealkylation sites (tertiary alicyclic amines) is 1. The number of rotatable bonds is 8. The predicted molar refractivity (Wildman–Crippen MR) is 120 cm³/mol. The molecular formula is C22H25F5N4O3S. The lowest BCUT2D eigenvalue weighted by Gasteiger charge is -2.24. The Morgan fingerprint density at radius 3 is 2.57 bits per heavy atom. The maximum absolute atomic E-state index is 14.0. The van der Waals surface area contributed by atoms with Crippen molar-refractivity contribution in [1.29, 1.82) is 0 Å². The number of hydrogen-bond donors (Lipinski definition) is 1. The molecular weight excluding hydrogens is 495 g/mol. The van der Waals surface area contributed by atoms with Crippen LogP contribution in [0.25, 0.3) is 10.4 Å². The monoisotopic (exact) mass is 520 g/mol. The van der Waals surface area contributed by atoms with Crippen LogP contribution in [-0.2, 0) is 4.74 Å². The summed E-state index contributed by atoms with van der Waals surface area (Å²) in [5.41, 5.74) is -1.33. The lowest BCUT2D eigenvalue weighted by molar-refractivity contribution is -0.142. The highest BCUT2D eigenvalue weighted by molar-refractivity contribution is 7.17. The molecule has 1 N–H and O–H groups in total. The van der Waals surface area contributed by atoms with E-state index < -0.39 is 53.9 Å². The third-order valence-electron chi connectivity index (χ3n) is 5.65. The largest absolute Gasteiger partial charge is 0.461 e. The van der Waals surface area contributed by atoms with E-state index in [-0.39, 0.29) is 28.2 Å². The van der Waals surface area contributed by atoms with Gasteiger partial charge >= 0.3 is 12.1 Å². The molecule has 2 atom stereocenters. The molecule has 0 saturated carbocycles. The Hall–Kier alpha value is -2.83. The summed E-state index contributed by atoms with van der Waals surface area (Å²) in [6.45, 7) is 5.07. The average Bonchev–Trinajstić information content (AvgIpc) is 3.42. The van der Waals surface area contributed by atoms with Crippen molar-refractivity contribution < 1.29 is 36.3 Å². The van der Waals surface area contributed by atoms with Gasteiger partial charge in [-0.1, -0.05) is 6.92 Å². The molecule has 0 radical (unpaired) electrons. The zero-order valence-corrected chi connectivity index (χ0v) is 20.1. The molecule has 2 unspecified atom stereocenters. The van der Waals surface area contributed by atoms with Gasteiger partial charge in [0, 0.05) is 29.9 Å².